The van der Waals surface area contributed by atoms with E-state index in [1.165, 1.54) is 36.4 Å². The van der Waals surface area contributed by atoms with Crippen molar-refractivity contribution >= 4 is 9.84 Å². The smallest absolute Gasteiger partial charge is 0.175 e. The molecule has 0 atom stereocenters. The molecule has 0 saturated carbocycles. The lowest BCUT2D eigenvalue weighted by Gasteiger charge is -2.06. The Morgan fingerprint density at radius 1 is 1.06 bits per heavy atom. The Bertz CT molecular complexity index is 676. The number of hydrogen-bond donors (Lipinski definition) is 1. The Morgan fingerprint density at radius 2 is 1.67 bits per heavy atom. The predicted molar refractivity (Wildman–Crippen MR) is 66.6 cm³/mol. The molecule has 0 amide bonds. The molecule has 1 N–H and O–H groups in total. The highest BCUT2D eigenvalue weighted by Crippen LogP contribution is 2.30. The summed E-state index contributed by atoms with van der Waals surface area (Å²) < 4.78 is 35.7. The molecule has 0 spiro atoms. The summed E-state index contributed by atoms with van der Waals surface area (Å²) >= 11 is 0. The van der Waals surface area contributed by atoms with Gasteiger partial charge < -0.3 is 5.11 Å². The summed E-state index contributed by atoms with van der Waals surface area (Å²) in [5, 5.41) is 9.63. The zero-order valence-corrected chi connectivity index (χ0v) is 10.4. The van der Waals surface area contributed by atoms with Crippen molar-refractivity contribution in [1.82, 2.24) is 0 Å². The van der Waals surface area contributed by atoms with Crippen molar-refractivity contribution in [2.75, 3.05) is 6.26 Å². The van der Waals surface area contributed by atoms with Crippen LogP contribution < -0.4 is 0 Å². The van der Waals surface area contributed by atoms with Crippen LogP contribution in [0.4, 0.5) is 4.39 Å². The number of phenolic OH excluding ortho intramolecular Hbond substituents is 1. The zero-order chi connectivity index (χ0) is 13.3. The highest BCUT2D eigenvalue weighted by Gasteiger charge is 2.09. The van der Waals surface area contributed by atoms with Crippen molar-refractivity contribution in [2.24, 2.45) is 0 Å². The van der Waals surface area contributed by atoms with Crippen LogP contribution >= 0.6 is 0 Å². The van der Waals surface area contributed by atoms with E-state index in [9.17, 15) is 17.9 Å². The van der Waals surface area contributed by atoms with E-state index in [0.717, 1.165) is 12.3 Å². The summed E-state index contributed by atoms with van der Waals surface area (Å²) in [6.45, 7) is 0. The van der Waals surface area contributed by atoms with Crippen LogP contribution in [0.1, 0.15) is 0 Å². The predicted octanol–water partition coefficient (Wildman–Crippen LogP) is 2.60. The monoisotopic (exact) mass is 266 g/mol. The van der Waals surface area contributed by atoms with Crippen LogP contribution in [0.25, 0.3) is 11.1 Å². The molecular weight excluding hydrogens is 255 g/mol. The molecule has 5 heteroatoms. The lowest BCUT2D eigenvalue weighted by Crippen LogP contribution is -1.96. The molecule has 0 saturated heterocycles. The summed E-state index contributed by atoms with van der Waals surface area (Å²) in [7, 11) is -3.26. The minimum absolute atomic E-state index is 0.0523. The van der Waals surface area contributed by atoms with Crippen molar-refractivity contribution in [3.05, 3.63) is 48.3 Å². The molecule has 3 nitrogen and oxygen atoms in total. The highest BCUT2D eigenvalue weighted by atomic mass is 32.2. The minimum atomic E-state index is -3.26. The van der Waals surface area contributed by atoms with Gasteiger partial charge in [0, 0.05) is 11.8 Å². The topological polar surface area (TPSA) is 54.4 Å². The standard InChI is InChI=1S/C13H11FO3S/c1-18(16,17)11-5-2-9(3-6-11)12-8-10(14)4-7-13(12)15/h2-8,15H,1H3. The SMILES string of the molecule is CS(=O)(=O)c1ccc(-c2cc(F)ccc2O)cc1. The number of phenols is 1. The molecule has 0 heterocycles. The quantitative estimate of drug-likeness (QED) is 0.909. The van der Waals surface area contributed by atoms with Crippen LogP contribution in [0, 0.1) is 5.82 Å². The summed E-state index contributed by atoms with van der Waals surface area (Å²) in [6, 6.07) is 9.53. The number of sulfone groups is 1. The van der Waals surface area contributed by atoms with Gasteiger partial charge in [-0.05, 0) is 35.9 Å². The van der Waals surface area contributed by atoms with Gasteiger partial charge in [-0.3, -0.25) is 0 Å². The van der Waals surface area contributed by atoms with E-state index < -0.39 is 15.7 Å². The molecule has 0 bridgehead atoms. The van der Waals surface area contributed by atoms with Crippen molar-refractivity contribution in [3.8, 4) is 16.9 Å². The van der Waals surface area contributed by atoms with Crippen LogP contribution in [-0.4, -0.2) is 19.8 Å². The molecule has 94 valence electrons. The normalized spacial score (nSPS) is 11.4. The van der Waals surface area contributed by atoms with E-state index in [2.05, 4.69) is 0 Å². The Labute approximate surface area is 104 Å². The van der Waals surface area contributed by atoms with Crippen molar-refractivity contribution in [1.29, 1.82) is 0 Å². The van der Waals surface area contributed by atoms with Crippen LogP contribution in [0.5, 0.6) is 5.75 Å². The van der Waals surface area contributed by atoms with E-state index in [1.54, 1.807) is 0 Å². The summed E-state index contributed by atoms with van der Waals surface area (Å²) in [4.78, 5) is 0.183. The fourth-order valence-electron chi connectivity index (χ4n) is 1.62. The Morgan fingerprint density at radius 3 is 2.22 bits per heavy atom. The van der Waals surface area contributed by atoms with Gasteiger partial charge in [-0.15, -0.1) is 0 Å². The van der Waals surface area contributed by atoms with Gasteiger partial charge in [-0.1, -0.05) is 12.1 Å². The Hall–Kier alpha value is -1.88. The minimum Gasteiger partial charge on any atom is -0.507 e. The van der Waals surface area contributed by atoms with Gasteiger partial charge in [-0.25, -0.2) is 12.8 Å². The molecule has 18 heavy (non-hydrogen) atoms. The van der Waals surface area contributed by atoms with E-state index in [1.807, 2.05) is 0 Å². The van der Waals surface area contributed by atoms with Gasteiger partial charge in [0.2, 0.25) is 0 Å². The highest BCUT2D eigenvalue weighted by molar-refractivity contribution is 7.90. The second kappa shape index (κ2) is 4.42. The van der Waals surface area contributed by atoms with Crippen molar-refractivity contribution in [2.45, 2.75) is 4.90 Å². The third kappa shape index (κ3) is 2.51. The third-order valence-electron chi connectivity index (χ3n) is 2.55. The lowest BCUT2D eigenvalue weighted by atomic mass is 10.0. The second-order valence-corrected chi connectivity index (χ2v) is 5.97. The maximum atomic E-state index is 13.1. The Kier molecular flexibility index (Phi) is 3.09. The summed E-state index contributed by atoms with van der Waals surface area (Å²) in [5.74, 6) is -0.515. The molecule has 2 aromatic carbocycles. The maximum absolute atomic E-state index is 13.1. The molecule has 0 aromatic heterocycles. The zero-order valence-electron chi connectivity index (χ0n) is 9.59. The largest absolute Gasteiger partial charge is 0.507 e. The maximum Gasteiger partial charge on any atom is 0.175 e. The molecule has 0 aliphatic carbocycles. The fourth-order valence-corrected chi connectivity index (χ4v) is 2.25. The molecule has 0 aliphatic rings. The second-order valence-electron chi connectivity index (χ2n) is 3.96. The first-order chi connectivity index (χ1) is 8.38. The first kappa shape index (κ1) is 12.6. The van der Waals surface area contributed by atoms with Crippen molar-refractivity contribution < 1.29 is 17.9 Å². The molecule has 0 radical (unpaired) electrons. The van der Waals surface area contributed by atoms with E-state index >= 15 is 0 Å². The number of hydrogen-bond acceptors (Lipinski definition) is 3. The first-order valence-corrected chi connectivity index (χ1v) is 7.06. The van der Waals surface area contributed by atoms with Gasteiger partial charge in [0.15, 0.2) is 9.84 Å². The van der Waals surface area contributed by atoms with E-state index in [0.29, 0.717) is 11.1 Å². The number of aromatic hydroxyl groups is 1. The molecule has 2 rings (SSSR count). The van der Waals surface area contributed by atoms with Gasteiger partial charge in [-0.2, -0.15) is 0 Å². The molecule has 0 unspecified atom stereocenters. The lowest BCUT2D eigenvalue weighted by molar-refractivity contribution is 0.475. The van der Waals surface area contributed by atoms with Crippen LogP contribution in [0.3, 0.4) is 0 Å². The van der Waals surface area contributed by atoms with Crippen molar-refractivity contribution in [3.63, 3.8) is 0 Å². The molecule has 0 aliphatic heterocycles. The summed E-state index contributed by atoms with van der Waals surface area (Å²) in [6.07, 6.45) is 1.11. The fraction of sp³-hybridized carbons (Fsp3) is 0.0769. The van der Waals surface area contributed by atoms with Gasteiger partial charge >= 0.3 is 0 Å². The number of rotatable bonds is 2. The third-order valence-corrected chi connectivity index (χ3v) is 3.68. The average Bonchev–Trinajstić information content (AvgIpc) is 2.31. The first-order valence-electron chi connectivity index (χ1n) is 5.17. The average molecular weight is 266 g/mol. The number of benzene rings is 2. The van der Waals surface area contributed by atoms with Gasteiger partial charge in [0.05, 0.1) is 4.90 Å². The molecular formula is C13H11FO3S. The molecule has 2 aromatic rings. The van der Waals surface area contributed by atoms with Crippen LogP contribution in [0.2, 0.25) is 0 Å². The van der Waals surface area contributed by atoms with Gasteiger partial charge in [0.25, 0.3) is 0 Å². The number of halogens is 1. The van der Waals surface area contributed by atoms with Crippen LogP contribution in [-0.2, 0) is 9.84 Å². The molecule has 0 fully saturated rings. The summed E-state index contributed by atoms with van der Waals surface area (Å²) in [5.41, 5.74) is 0.884. The van der Waals surface area contributed by atoms with E-state index in [-0.39, 0.29) is 10.6 Å². The van der Waals surface area contributed by atoms with Crippen LogP contribution in [0.15, 0.2) is 47.4 Å². The van der Waals surface area contributed by atoms with Gasteiger partial charge in [0.1, 0.15) is 11.6 Å². The van der Waals surface area contributed by atoms with E-state index in [4.69, 9.17) is 0 Å². The Balaban J connectivity index is 2.50.